The predicted octanol–water partition coefficient (Wildman–Crippen LogP) is 14.7. The summed E-state index contributed by atoms with van der Waals surface area (Å²) in [4.78, 5) is 8.42. The highest BCUT2D eigenvalue weighted by molar-refractivity contribution is 7.20. The molecule has 350 valence electrons. The van der Waals surface area contributed by atoms with Crippen molar-refractivity contribution >= 4 is 51.1 Å². The van der Waals surface area contributed by atoms with Crippen LogP contribution >= 0.6 is 34.0 Å². The van der Waals surface area contributed by atoms with Crippen LogP contribution in [0.3, 0.4) is 0 Å². The molecule has 0 saturated heterocycles. The average molecular weight is 984 g/mol. The third kappa shape index (κ3) is 7.99. The molecule has 0 radical (unpaired) electrons. The Morgan fingerprint density at radius 1 is 0.286 bits per heavy atom. The Morgan fingerprint density at radius 2 is 0.471 bits per heavy atom. The van der Waals surface area contributed by atoms with E-state index in [1.54, 1.807) is 55.3 Å². The van der Waals surface area contributed by atoms with Gasteiger partial charge in [-0.15, -0.1) is 34.0 Å². The normalized spacial score (nSPS) is 13.4. The Labute approximate surface area is 417 Å². The predicted molar refractivity (Wildman–Crippen MR) is 280 cm³/mol. The van der Waals surface area contributed by atoms with Crippen molar-refractivity contribution in [1.82, 2.24) is 0 Å². The molecule has 6 heterocycles. The van der Waals surface area contributed by atoms with Crippen LogP contribution in [0.5, 0.6) is 51.7 Å². The van der Waals surface area contributed by atoms with E-state index in [1.807, 2.05) is 36.4 Å². The van der Waals surface area contributed by atoms with E-state index >= 15 is 0 Å². The van der Waals surface area contributed by atoms with E-state index in [-0.39, 0.29) is 0 Å². The summed E-state index contributed by atoms with van der Waals surface area (Å²) in [7, 11) is 5.03. The zero-order chi connectivity index (χ0) is 47.1. The van der Waals surface area contributed by atoms with Crippen molar-refractivity contribution < 1.29 is 42.6 Å². The minimum absolute atomic E-state index is 0.489. The fourth-order valence-electron chi connectivity index (χ4n) is 8.95. The van der Waals surface area contributed by atoms with Crippen molar-refractivity contribution in [2.45, 2.75) is 0 Å². The summed E-state index contributed by atoms with van der Waals surface area (Å²) in [5, 5.41) is 0. The first-order chi connectivity index (χ1) is 34.5. The monoisotopic (exact) mass is 983 g/mol. The molecule has 0 N–H and O–H groups in total. The number of ether oxygens (including phenoxy) is 9. The molecule has 0 unspecified atom stereocenters. The molecule has 12 rings (SSSR count). The number of fused-ring (bicyclic) bond motifs is 3. The van der Waals surface area contributed by atoms with E-state index < -0.39 is 0 Å². The molecule has 0 bridgehead atoms. The number of methoxy groups -OCH3 is 3. The number of anilines is 3. The lowest BCUT2D eigenvalue weighted by Crippen LogP contribution is -2.15. The molecule has 3 aromatic heterocycles. The Hall–Kier alpha value is -7.58. The quantitative estimate of drug-likeness (QED) is 0.118. The van der Waals surface area contributed by atoms with Gasteiger partial charge in [-0.1, -0.05) is 36.4 Å². The summed E-state index contributed by atoms with van der Waals surface area (Å²) in [6, 6.07) is 50.2. The third-order valence-electron chi connectivity index (χ3n) is 12.4. The first-order valence-electron chi connectivity index (χ1n) is 22.9. The first-order valence-corrected chi connectivity index (χ1v) is 25.3. The Kier molecular flexibility index (Phi) is 11.7. The Balaban J connectivity index is 0.921. The van der Waals surface area contributed by atoms with Crippen LogP contribution in [0.25, 0.3) is 62.6 Å². The molecule has 0 spiro atoms. The summed E-state index contributed by atoms with van der Waals surface area (Å²) in [5.41, 5.74) is 9.22. The van der Waals surface area contributed by atoms with Gasteiger partial charge in [0, 0.05) is 17.1 Å². The summed E-state index contributed by atoms with van der Waals surface area (Å²) in [6.07, 6.45) is 0. The minimum Gasteiger partial charge on any atom is -0.497 e. The first kappa shape index (κ1) is 43.7. The van der Waals surface area contributed by atoms with Gasteiger partial charge in [0.2, 0.25) is 0 Å². The third-order valence-corrected chi connectivity index (χ3v) is 16.2. The summed E-state index contributed by atoms with van der Waals surface area (Å²) >= 11 is 5.02. The molecule has 10 nitrogen and oxygen atoms in total. The molecule has 9 aromatic rings. The summed E-state index contributed by atoms with van der Waals surface area (Å²) in [5.74, 6) is 7.08. The van der Waals surface area contributed by atoms with Gasteiger partial charge in [-0.3, -0.25) is 0 Å². The van der Waals surface area contributed by atoms with Crippen LogP contribution in [0.2, 0.25) is 0 Å². The second-order valence-electron chi connectivity index (χ2n) is 16.5. The van der Waals surface area contributed by atoms with Crippen molar-refractivity contribution in [3.8, 4) is 114 Å². The maximum absolute atomic E-state index is 6.32. The summed E-state index contributed by atoms with van der Waals surface area (Å²) < 4.78 is 54.1. The SMILES string of the molecule is COc1ccc(-c2sc(-c3ccc(N(c4ccc(-c5sc(-c6ccc(OC)cc6)c6c5OCCO6)cc4)c4ccc(-c5sc(-c6ccc(OC)cc6)c6c5OCCO6)cc4)cc3)c3c2OCCO3)cc1. The molecule has 0 aliphatic carbocycles. The standard InChI is InChI=1S/C57H45NO9S3/c1-59-43-22-10-37(11-23-43)55-49-46(62-28-31-65-49)52(68-55)34-4-16-40(17-5-34)58(41-18-6-35(7-19-41)53-47-50(66-32-29-63-47)56(69-53)38-12-24-44(60-2)25-13-38)42-20-8-36(9-21-42)54-48-51(67-33-30-64-48)57(70-54)39-14-26-45(61-3)27-15-39/h4-27H,28-33H2,1-3H3. The van der Waals surface area contributed by atoms with Gasteiger partial charge >= 0.3 is 0 Å². The lowest BCUT2D eigenvalue weighted by atomic mass is 10.1. The minimum atomic E-state index is 0.489. The van der Waals surface area contributed by atoms with Gasteiger partial charge in [0.05, 0.1) is 50.6 Å². The molecule has 0 fully saturated rings. The molecule has 70 heavy (non-hydrogen) atoms. The second kappa shape index (κ2) is 18.7. The fourth-order valence-corrected chi connectivity index (χ4v) is 12.6. The molecule has 3 aliphatic heterocycles. The number of nitrogens with zero attached hydrogens (tertiary/aromatic N) is 1. The zero-order valence-corrected chi connectivity index (χ0v) is 40.9. The highest BCUT2D eigenvalue weighted by Crippen LogP contribution is 2.57. The van der Waals surface area contributed by atoms with Crippen molar-refractivity contribution in [3.63, 3.8) is 0 Å². The lowest BCUT2D eigenvalue weighted by molar-refractivity contribution is 0.175. The Bertz CT molecular complexity index is 2950. The fraction of sp³-hybridized carbons (Fsp3) is 0.158. The number of hydrogen-bond donors (Lipinski definition) is 0. The highest BCUT2D eigenvalue weighted by atomic mass is 32.1. The van der Waals surface area contributed by atoms with Gasteiger partial charge in [-0.25, -0.2) is 0 Å². The maximum Gasteiger partial charge on any atom is 0.180 e. The molecule has 3 aliphatic rings. The van der Waals surface area contributed by atoms with Crippen LogP contribution in [0, 0.1) is 0 Å². The van der Waals surface area contributed by atoms with Gasteiger partial charge in [0.15, 0.2) is 34.5 Å². The second-order valence-corrected chi connectivity index (χ2v) is 19.6. The highest BCUT2D eigenvalue weighted by Gasteiger charge is 2.30. The van der Waals surface area contributed by atoms with Crippen LogP contribution in [0.15, 0.2) is 146 Å². The molecular weight excluding hydrogens is 939 g/mol. The van der Waals surface area contributed by atoms with Crippen molar-refractivity contribution in [2.75, 3.05) is 65.9 Å². The van der Waals surface area contributed by atoms with Crippen molar-refractivity contribution in [2.24, 2.45) is 0 Å². The average Bonchev–Trinajstić information content (AvgIpc) is 4.15. The molecule has 6 aromatic carbocycles. The van der Waals surface area contributed by atoms with Gasteiger partial charge in [0.1, 0.15) is 56.9 Å². The van der Waals surface area contributed by atoms with Gasteiger partial charge in [-0.2, -0.15) is 0 Å². The molecule has 0 saturated carbocycles. The molecule has 13 heteroatoms. The van der Waals surface area contributed by atoms with Crippen LogP contribution in [0.1, 0.15) is 0 Å². The van der Waals surface area contributed by atoms with Crippen molar-refractivity contribution in [1.29, 1.82) is 0 Å². The molecular formula is C57H45NO9S3. The molecule has 0 atom stereocenters. The Morgan fingerprint density at radius 3 is 0.657 bits per heavy atom. The van der Waals surface area contributed by atoms with E-state index in [2.05, 4.69) is 114 Å². The number of benzene rings is 6. The van der Waals surface area contributed by atoms with E-state index in [4.69, 9.17) is 42.6 Å². The largest absolute Gasteiger partial charge is 0.497 e. The molecule has 0 amide bonds. The maximum atomic E-state index is 6.32. The van der Waals surface area contributed by atoms with Crippen LogP contribution in [-0.4, -0.2) is 61.0 Å². The van der Waals surface area contributed by atoms with Gasteiger partial charge in [0.25, 0.3) is 0 Å². The van der Waals surface area contributed by atoms with E-state index in [0.717, 1.165) is 131 Å². The van der Waals surface area contributed by atoms with Crippen LogP contribution in [0.4, 0.5) is 17.1 Å². The zero-order valence-electron chi connectivity index (χ0n) is 38.4. The topological polar surface area (TPSA) is 86.3 Å². The smallest absolute Gasteiger partial charge is 0.180 e. The van der Waals surface area contributed by atoms with Gasteiger partial charge in [-0.05, 0) is 143 Å². The van der Waals surface area contributed by atoms with E-state index in [9.17, 15) is 0 Å². The number of hydrogen-bond acceptors (Lipinski definition) is 13. The number of rotatable bonds is 12. The van der Waals surface area contributed by atoms with Gasteiger partial charge < -0.3 is 47.5 Å². The van der Waals surface area contributed by atoms with Crippen molar-refractivity contribution in [3.05, 3.63) is 146 Å². The summed E-state index contributed by atoms with van der Waals surface area (Å²) in [6.45, 7) is 2.96. The van der Waals surface area contributed by atoms with Crippen LogP contribution < -0.4 is 47.5 Å². The van der Waals surface area contributed by atoms with Crippen LogP contribution in [-0.2, 0) is 0 Å². The number of thiophene rings is 3. The van der Waals surface area contributed by atoms with E-state index in [1.165, 1.54) is 0 Å². The lowest BCUT2D eigenvalue weighted by Gasteiger charge is -2.26. The van der Waals surface area contributed by atoms with E-state index in [0.29, 0.717) is 39.6 Å².